The summed E-state index contributed by atoms with van der Waals surface area (Å²) in [7, 11) is 3.35. The van der Waals surface area contributed by atoms with E-state index in [9.17, 15) is 0 Å². The van der Waals surface area contributed by atoms with Crippen LogP contribution in [0, 0.1) is 0 Å². The van der Waals surface area contributed by atoms with Crippen LogP contribution in [0.4, 0.5) is 5.69 Å². The lowest BCUT2D eigenvalue weighted by atomic mass is 10.0. The fourth-order valence-electron chi connectivity index (χ4n) is 3.52. The zero-order valence-corrected chi connectivity index (χ0v) is 20.4. The van der Waals surface area contributed by atoms with E-state index in [1.807, 2.05) is 48.5 Å². The second-order valence-electron chi connectivity index (χ2n) is 7.13. The van der Waals surface area contributed by atoms with E-state index < -0.39 is 0 Å². The Morgan fingerprint density at radius 1 is 0.871 bits per heavy atom. The molecule has 0 aliphatic carbocycles. The number of benzene rings is 3. The molecule has 158 valence electrons. The lowest BCUT2D eigenvalue weighted by molar-refractivity contribution is 0.414. The number of ether oxygens (including phenoxy) is 2. The molecule has 4 nitrogen and oxygen atoms in total. The van der Waals surface area contributed by atoms with E-state index in [0.29, 0.717) is 0 Å². The van der Waals surface area contributed by atoms with E-state index in [2.05, 4.69) is 67.2 Å². The molecule has 0 radical (unpaired) electrons. The maximum absolute atomic E-state index is 5.33. The molecule has 0 spiro atoms. The van der Waals surface area contributed by atoms with Gasteiger partial charge in [-0.3, -0.25) is 5.01 Å². The van der Waals surface area contributed by atoms with E-state index in [1.165, 1.54) is 5.56 Å². The van der Waals surface area contributed by atoms with Crippen molar-refractivity contribution in [2.45, 2.75) is 12.5 Å². The Kier molecular flexibility index (Phi) is 6.78. The standard InChI is InChI=1S/C25H22Br2N2O2/c1-30-21-10-4-17(5-11-21)3-9-20-16-25(18-6-12-22(31-2)13-7-18)29(28-20)24-14-8-19(26)15-23(24)27/h3-15,25H,16H2,1-2H3/b9-3+/t25-/m1/s1. The number of methoxy groups -OCH3 is 2. The molecule has 6 heteroatoms. The number of allylic oxidation sites excluding steroid dienone is 1. The summed E-state index contributed by atoms with van der Waals surface area (Å²) in [5.41, 5.74) is 4.34. The van der Waals surface area contributed by atoms with Crippen molar-refractivity contribution >= 4 is 49.3 Å². The quantitative estimate of drug-likeness (QED) is 0.329. The summed E-state index contributed by atoms with van der Waals surface area (Å²) >= 11 is 7.23. The number of hydrogen-bond acceptors (Lipinski definition) is 4. The van der Waals surface area contributed by atoms with Gasteiger partial charge >= 0.3 is 0 Å². The summed E-state index contributed by atoms with van der Waals surface area (Å²) in [4.78, 5) is 0. The number of hydrogen-bond donors (Lipinski definition) is 0. The third-order valence-corrected chi connectivity index (χ3v) is 6.30. The van der Waals surface area contributed by atoms with Gasteiger partial charge in [-0.15, -0.1) is 0 Å². The van der Waals surface area contributed by atoms with Crippen LogP contribution < -0.4 is 14.5 Å². The molecule has 3 aromatic carbocycles. The Labute approximate surface area is 199 Å². The van der Waals surface area contributed by atoms with Gasteiger partial charge in [-0.1, -0.05) is 46.3 Å². The van der Waals surface area contributed by atoms with Crippen LogP contribution in [0.3, 0.4) is 0 Å². The van der Waals surface area contributed by atoms with Crippen molar-refractivity contribution in [3.63, 3.8) is 0 Å². The molecule has 31 heavy (non-hydrogen) atoms. The monoisotopic (exact) mass is 540 g/mol. The molecule has 4 rings (SSSR count). The Bertz CT molecular complexity index is 1110. The van der Waals surface area contributed by atoms with Crippen molar-refractivity contribution in [2.75, 3.05) is 19.2 Å². The molecular formula is C25H22Br2N2O2. The van der Waals surface area contributed by atoms with Crippen molar-refractivity contribution in [3.05, 3.63) is 92.9 Å². The van der Waals surface area contributed by atoms with Crippen LogP contribution >= 0.6 is 31.9 Å². The summed E-state index contributed by atoms with van der Waals surface area (Å²) in [5.74, 6) is 1.69. The van der Waals surface area contributed by atoms with Crippen molar-refractivity contribution < 1.29 is 9.47 Å². The highest BCUT2D eigenvalue weighted by Gasteiger charge is 2.29. The van der Waals surface area contributed by atoms with E-state index in [0.717, 1.165) is 43.8 Å². The average molecular weight is 542 g/mol. The first-order valence-electron chi connectivity index (χ1n) is 9.85. The summed E-state index contributed by atoms with van der Waals surface area (Å²) in [5, 5.41) is 7.05. The first kappa shape index (κ1) is 21.7. The normalized spacial score (nSPS) is 15.9. The zero-order chi connectivity index (χ0) is 21.8. The van der Waals surface area contributed by atoms with Crippen molar-refractivity contribution in [2.24, 2.45) is 5.10 Å². The minimum atomic E-state index is 0.0962. The molecule has 0 fully saturated rings. The molecule has 0 amide bonds. The summed E-state index contributed by atoms with van der Waals surface area (Å²) < 4.78 is 12.6. The molecule has 1 aliphatic heterocycles. The highest BCUT2D eigenvalue weighted by Crippen LogP contribution is 2.40. The van der Waals surface area contributed by atoms with Gasteiger partial charge in [0.25, 0.3) is 0 Å². The maximum atomic E-state index is 5.33. The SMILES string of the molecule is COc1ccc(/C=C/C2=NN(c3ccc(Br)cc3Br)[C@@H](c3ccc(OC)cc3)C2)cc1. The predicted octanol–water partition coefficient (Wildman–Crippen LogP) is 7.25. The molecule has 0 saturated carbocycles. The van der Waals surface area contributed by atoms with Crippen LogP contribution in [0.2, 0.25) is 0 Å². The van der Waals surface area contributed by atoms with Crippen LogP contribution in [-0.2, 0) is 0 Å². The van der Waals surface area contributed by atoms with Crippen LogP contribution in [0.25, 0.3) is 6.08 Å². The molecule has 0 N–H and O–H groups in total. The highest BCUT2D eigenvalue weighted by molar-refractivity contribution is 9.11. The second-order valence-corrected chi connectivity index (χ2v) is 8.90. The van der Waals surface area contributed by atoms with Gasteiger partial charge in [-0.05, 0) is 75.6 Å². The number of anilines is 1. The molecule has 0 aromatic heterocycles. The summed E-state index contributed by atoms with van der Waals surface area (Å²) in [6.07, 6.45) is 4.98. The fourth-order valence-corrected chi connectivity index (χ4v) is 4.74. The minimum absolute atomic E-state index is 0.0962. The Morgan fingerprint density at radius 2 is 1.52 bits per heavy atom. The third-order valence-electron chi connectivity index (χ3n) is 5.17. The molecule has 1 aliphatic rings. The largest absolute Gasteiger partial charge is 0.497 e. The maximum Gasteiger partial charge on any atom is 0.118 e. The zero-order valence-electron chi connectivity index (χ0n) is 17.3. The van der Waals surface area contributed by atoms with Gasteiger partial charge in [0, 0.05) is 15.4 Å². The first-order valence-corrected chi connectivity index (χ1v) is 11.4. The Balaban J connectivity index is 1.65. The minimum Gasteiger partial charge on any atom is -0.497 e. The van der Waals surface area contributed by atoms with Gasteiger partial charge in [-0.2, -0.15) is 5.10 Å². The summed E-state index contributed by atoms with van der Waals surface area (Å²) in [6.45, 7) is 0. The molecule has 0 unspecified atom stereocenters. The second kappa shape index (κ2) is 9.71. The molecule has 1 atom stereocenters. The molecule has 3 aromatic rings. The summed E-state index contributed by atoms with van der Waals surface area (Å²) in [6, 6.07) is 22.4. The van der Waals surface area contributed by atoms with E-state index in [4.69, 9.17) is 14.6 Å². The third kappa shape index (κ3) is 5.02. The lowest BCUT2D eigenvalue weighted by Gasteiger charge is -2.25. The van der Waals surface area contributed by atoms with Crippen LogP contribution in [0.1, 0.15) is 23.6 Å². The molecule has 0 bridgehead atoms. The van der Waals surface area contributed by atoms with Gasteiger partial charge < -0.3 is 9.47 Å². The fraction of sp³-hybridized carbons (Fsp3) is 0.160. The number of hydrazone groups is 1. The number of halogens is 2. The van der Waals surface area contributed by atoms with Crippen LogP contribution in [0.5, 0.6) is 11.5 Å². The van der Waals surface area contributed by atoms with E-state index >= 15 is 0 Å². The van der Waals surface area contributed by atoms with Gasteiger partial charge in [0.05, 0.1) is 31.7 Å². The van der Waals surface area contributed by atoms with Gasteiger partial charge in [0.2, 0.25) is 0 Å². The average Bonchev–Trinajstić information content (AvgIpc) is 3.22. The molecular weight excluding hydrogens is 520 g/mol. The first-order chi connectivity index (χ1) is 15.1. The van der Waals surface area contributed by atoms with Crippen molar-refractivity contribution in [3.8, 4) is 11.5 Å². The lowest BCUT2D eigenvalue weighted by Crippen LogP contribution is -2.18. The number of rotatable bonds is 6. The van der Waals surface area contributed by atoms with Gasteiger partial charge in [0.1, 0.15) is 11.5 Å². The van der Waals surface area contributed by atoms with Gasteiger partial charge in [-0.25, -0.2) is 0 Å². The van der Waals surface area contributed by atoms with Crippen molar-refractivity contribution in [1.82, 2.24) is 0 Å². The van der Waals surface area contributed by atoms with Crippen LogP contribution in [-0.4, -0.2) is 19.9 Å². The van der Waals surface area contributed by atoms with E-state index in [-0.39, 0.29) is 6.04 Å². The van der Waals surface area contributed by atoms with Gasteiger partial charge in [0.15, 0.2) is 0 Å². The Hall–Kier alpha value is -2.57. The molecule has 1 heterocycles. The Morgan fingerprint density at radius 3 is 2.13 bits per heavy atom. The topological polar surface area (TPSA) is 34.1 Å². The smallest absolute Gasteiger partial charge is 0.118 e. The van der Waals surface area contributed by atoms with Crippen molar-refractivity contribution in [1.29, 1.82) is 0 Å². The van der Waals surface area contributed by atoms with Crippen LogP contribution in [0.15, 0.2) is 86.9 Å². The predicted molar refractivity (Wildman–Crippen MR) is 134 cm³/mol. The highest BCUT2D eigenvalue weighted by atomic mass is 79.9. The number of nitrogens with zero attached hydrogens (tertiary/aromatic N) is 2. The van der Waals surface area contributed by atoms with E-state index in [1.54, 1.807) is 14.2 Å². The molecule has 0 saturated heterocycles.